The van der Waals surface area contributed by atoms with Crippen LogP contribution in [0.1, 0.15) is 19.3 Å². The summed E-state index contributed by atoms with van der Waals surface area (Å²) in [5, 5.41) is 4.70. The van der Waals surface area contributed by atoms with Crippen LogP contribution in [0.25, 0.3) is 0 Å². The van der Waals surface area contributed by atoms with Gasteiger partial charge in [-0.3, -0.25) is 10.1 Å². The molecule has 7 nitrogen and oxygen atoms in total. The van der Waals surface area contributed by atoms with Gasteiger partial charge >= 0.3 is 6.03 Å². The molecule has 0 bridgehead atoms. The first kappa shape index (κ1) is 17.5. The van der Waals surface area contributed by atoms with Crippen LogP contribution >= 0.6 is 24.0 Å². The number of sulfone groups is 1. The molecule has 2 aliphatic heterocycles. The minimum Gasteiger partial charge on any atom is -0.358 e. The second-order valence-electron chi connectivity index (χ2n) is 5.37. The van der Waals surface area contributed by atoms with Gasteiger partial charge in [-0.2, -0.15) is 0 Å². The van der Waals surface area contributed by atoms with Crippen molar-refractivity contribution in [2.75, 3.05) is 30.3 Å². The zero-order chi connectivity index (χ0) is 16.2. The average molecular weight is 366 g/mol. The molecule has 0 spiro atoms. The highest BCUT2D eigenvalue weighted by Crippen LogP contribution is 2.16. The average Bonchev–Trinajstić information content (AvgIpc) is 3.05. The molecule has 3 amide bonds. The first-order valence-corrected chi connectivity index (χ1v) is 10.3. The molecule has 0 unspecified atom stereocenters. The maximum atomic E-state index is 11.7. The van der Waals surface area contributed by atoms with E-state index in [0.29, 0.717) is 10.7 Å². The van der Waals surface area contributed by atoms with Gasteiger partial charge in [0.15, 0.2) is 9.84 Å². The second-order valence-corrected chi connectivity index (χ2v) is 9.21. The summed E-state index contributed by atoms with van der Waals surface area (Å²) in [6.45, 7) is 1.84. The number of imide groups is 1. The lowest BCUT2D eigenvalue weighted by Crippen LogP contribution is -2.45. The smallest absolute Gasteiger partial charge is 0.321 e. The highest BCUT2D eigenvalue weighted by Gasteiger charge is 2.29. The van der Waals surface area contributed by atoms with E-state index in [0.717, 1.165) is 25.9 Å². The predicted molar refractivity (Wildman–Crippen MR) is 89.6 cm³/mol. The quantitative estimate of drug-likeness (QED) is 0.686. The van der Waals surface area contributed by atoms with Crippen LogP contribution in [0.2, 0.25) is 0 Å². The van der Waals surface area contributed by atoms with Gasteiger partial charge in [0.1, 0.15) is 4.32 Å². The highest BCUT2D eigenvalue weighted by atomic mass is 32.2. The Hall–Kier alpha value is -0.870. The molecule has 2 heterocycles. The molecule has 1 atom stereocenters. The first-order chi connectivity index (χ1) is 10.4. The summed E-state index contributed by atoms with van der Waals surface area (Å²) in [7, 11) is -3.05. The van der Waals surface area contributed by atoms with E-state index < -0.39 is 27.8 Å². The highest BCUT2D eigenvalue weighted by molar-refractivity contribution is 8.23. The number of amides is 3. The molecular formula is C12H19N3O4S3. The number of carbonyl (C=O) groups is 2. The Morgan fingerprint density at radius 1 is 1.27 bits per heavy atom. The van der Waals surface area contributed by atoms with Crippen LogP contribution in [0.15, 0.2) is 0 Å². The number of thiocarbonyl (C=S) groups is 1. The number of hydrogen-bond donors (Lipinski definition) is 2. The van der Waals surface area contributed by atoms with E-state index in [1.807, 2.05) is 0 Å². The lowest BCUT2D eigenvalue weighted by Gasteiger charge is -2.17. The first-order valence-electron chi connectivity index (χ1n) is 7.08. The number of nitrogens with one attached hydrogen (secondary N) is 2. The molecule has 0 saturated carbocycles. The van der Waals surface area contributed by atoms with Gasteiger partial charge in [0.25, 0.3) is 0 Å². The van der Waals surface area contributed by atoms with Crippen molar-refractivity contribution in [2.45, 2.75) is 25.3 Å². The largest absolute Gasteiger partial charge is 0.358 e. The third kappa shape index (κ3) is 5.40. The van der Waals surface area contributed by atoms with Gasteiger partial charge in [0.05, 0.1) is 17.3 Å². The monoisotopic (exact) mass is 365 g/mol. The molecule has 0 aromatic carbocycles. The third-order valence-corrected chi connectivity index (χ3v) is 6.80. The Balaban J connectivity index is 1.66. The maximum Gasteiger partial charge on any atom is 0.321 e. The molecule has 2 aliphatic rings. The van der Waals surface area contributed by atoms with Crippen LogP contribution in [0.4, 0.5) is 4.79 Å². The van der Waals surface area contributed by atoms with E-state index in [1.165, 1.54) is 11.8 Å². The van der Waals surface area contributed by atoms with Gasteiger partial charge in [-0.15, -0.1) is 0 Å². The SMILES string of the molecule is O=C(CSC(=S)N1CCCC1)NC(=O)N[C@H]1CCS(=O)(=O)C1. The standard InChI is InChI=1S/C12H19N3O4S3/c16-10(7-21-12(20)15-4-1-2-5-15)14-11(17)13-9-3-6-22(18,19)8-9/h9H,1-8H2,(H2,13,14,16,17)/t9-/m0/s1. The molecule has 2 saturated heterocycles. The van der Waals surface area contributed by atoms with E-state index in [4.69, 9.17) is 12.2 Å². The zero-order valence-electron chi connectivity index (χ0n) is 12.0. The molecule has 2 fully saturated rings. The lowest BCUT2D eigenvalue weighted by atomic mass is 10.3. The number of carbonyl (C=O) groups excluding carboxylic acids is 2. The van der Waals surface area contributed by atoms with Gasteiger partial charge in [0.2, 0.25) is 5.91 Å². The summed E-state index contributed by atoms with van der Waals surface area (Å²) in [4.78, 5) is 25.4. The fourth-order valence-electron chi connectivity index (χ4n) is 2.41. The molecule has 22 heavy (non-hydrogen) atoms. The van der Waals surface area contributed by atoms with Crippen molar-refractivity contribution in [3.8, 4) is 0 Å². The second kappa shape index (κ2) is 7.60. The van der Waals surface area contributed by atoms with E-state index in [1.54, 1.807) is 0 Å². The van der Waals surface area contributed by atoms with Crippen LogP contribution < -0.4 is 10.6 Å². The van der Waals surface area contributed by atoms with Crippen molar-refractivity contribution in [1.82, 2.24) is 15.5 Å². The molecule has 0 aliphatic carbocycles. The van der Waals surface area contributed by atoms with E-state index in [9.17, 15) is 18.0 Å². The Morgan fingerprint density at radius 3 is 2.55 bits per heavy atom. The third-order valence-electron chi connectivity index (χ3n) is 3.51. The molecular weight excluding hydrogens is 346 g/mol. The fourth-order valence-corrected chi connectivity index (χ4v) is 5.14. The molecule has 124 valence electrons. The number of rotatable bonds is 3. The van der Waals surface area contributed by atoms with E-state index in [2.05, 4.69) is 15.5 Å². The molecule has 0 aromatic heterocycles. The van der Waals surface area contributed by atoms with Crippen molar-refractivity contribution in [2.24, 2.45) is 0 Å². The predicted octanol–water partition coefficient (Wildman–Crippen LogP) is 0.113. The summed E-state index contributed by atoms with van der Waals surface area (Å²) in [5.74, 6) is -0.357. The van der Waals surface area contributed by atoms with Crippen molar-refractivity contribution in [1.29, 1.82) is 0 Å². The summed E-state index contributed by atoms with van der Waals surface area (Å²) < 4.78 is 23.2. The number of likely N-dealkylation sites (tertiary alicyclic amines) is 1. The molecule has 0 aromatic rings. The van der Waals surface area contributed by atoms with Crippen molar-refractivity contribution >= 4 is 50.1 Å². The van der Waals surface area contributed by atoms with Crippen LogP contribution in [-0.2, 0) is 14.6 Å². The Labute approximate surface area is 139 Å². The molecule has 2 N–H and O–H groups in total. The normalized spacial score (nSPS) is 23.3. The summed E-state index contributed by atoms with van der Waals surface area (Å²) >= 11 is 6.46. The van der Waals surface area contributed by atoms with Gasteiger partial charge in [0, 0.05) is 19.1 Å². The number of hydrogen-bond acceptors (Lipinski definition) is 6. The van der Waals surface area contributed by atoms with Gasteiger partial charge in [-0.1, -0.05) is 24.0 Å². The Bertz CT molecular complexity index is 558. The Morgan fingerprint density at radius 2 is 1.95 bits per heavy atom. The van der Waals surface area contributed by atoms with E-state index >= 15 is 0 Å². The molecule has 10 heteroatoms. The number of nitrogens with zero attached hydrogens (tertiary/aromatic N) is 1. The van der Waals surface area contributed by atoms with Crippen LogP contribution in [0.3, 0.4) is 0 Å². The number of urea groups is 1. The molecule has 0 radical (unpaired) electrons. The van der Waals surface area contributed by atoms with Crippen LogP contribution in [-0.4, -0.2) is 66.0 Å². The van der Waals surface area contributed by atoms with Crippen LogP contribution in [0, 0.1) is 0 Å². The van der Waals surface area contributed by atoms with Gasteiger partial charge in [-0.25, -0.2) is 13.2 Å². The minimum absolute atomic E-state index is 0.0671. The van der Waals surface area contributed by atoms with Crippen molar-refractivity contribution in [3.05, 3.63) is 0 Å². The topological polar surface area (TPSA) is 95.6 Å². The van der Waals surface area contributed by atoms with Crippen molar-refractivity contribution < 1.29 is 18.0 Å². The summed E-state index contributed by atoms with van der Waals surface area (Å²) in [6, 6.07) is -1.07. The van der Waals surface area contributed by atoms with Crippen LogP contribution in [0.5, 0.6) is 0 Å². The molecule has 2 rings (SSSR count). The minimum atomic E-state index is -3.05. The van der Waals surface area contributed by atoms with Gasteiger partial charge in [-0.05, 0) is 19.3 Å². The fraction of sp³-hybridized carbons (Fsp3) is 0.750. The van der Waals surface area contributed by atoms with E-state index in [-0.39, 0.29) is 17.3 Å². The Kier molecular flexibility index (Phi) is 6.04. The van der Waals surface area contributed by atoms with Crippen molar-refractivity contribution in [3.63, 3.8) is 0 Å². The lowest BCUT2D eigenvalue weighted by molar-refractivity contribution is -0.117. The maximum absolute atomic E-state index is 11.7. The summed E-state index contributed by atoms with van der Waals surface area (Å²) in [5.41, 5.74) is 0. The summed E-state index contributed by atoms with van der Waals surface area (Å²) in [6.07, 6.45) is 2.61. The number of thioether (sulfide) groups is 1. The van der Waals surface area contributed by atoms with Gasteiger partial charge < -0.3 is 10.2 Å². The zero-order valence-corrected chi connectivity index (χ0v) is 14.5.